The summed E-state index contributed by atoms with van der Waals surface area (Å²) in [6.07, 6.45) is -0.0167. The number of aliphatic carboxylic acids is 1. The third-order valence-corrected chi connectivity index (χ3v) is 2.68. The van der Waals surface area contributed by atoms with Crippen molar-refractivity contribution < 1.29 is 19.4 Å². The number of carboxylic acids is 1. The highest BCUT2D eigenvalue weighted by atomic mass is 16.6. The fourth-order valence-electron chi connectivity index (χ4n) is 1.82. The van der Waals surface area contributed by atoms with Crippen molar-refractivity contribution in [2.45, 2.75) is 39.2 Å². The van der Waals surface area contributed by atoms with Crippen LogP contribution >= 0.6 is 0 Å². The van der Waals surface area contributed by atoms with Gasteiger partial charge in [0.15, 0.2) is 0 Å². The zero-order chi connectivity index (χ0) is 15.3. The summed E-state index contributed by atoms with van der Waals surface area (Å²) < 4.78 is 5.27. The number of hydrogen-bond donors (Lipinski definition) is 2. The molecule has 0 radical (unpaired) electrons. The molecule has 0 fully saturated rings. The summed E-state index contributed by atoms with van der Waals surface area (Å²) in [5.41, 5.74) is 6.49. The minimum absolute atomic E-state index is 0.258. The molecular weight excluding hydrogens is 258 g/mol. The van der Waals surface area contributed by atoms with E-state index >= 15 is 0 Å². The van der Waals surface area contributed by atoms with Crippen molar-refractivity contribution in [1.82, 2.24) is 0 Å². The molecule has 0 spiro atoms. The molecule has 0 amide bonds. The van der Waals surface area contributed by atoms with E-state index in [0.29, 0.717) is 5.69 Å². The average Bonchev–Trinajstić information content (AvgIpc) is 2.28. The summed E-state index contributed by atoms with van der Waals surface area (Å²) in [6.45, 7) is 5.25. The van der Waals surface area contributed by atoms with Gasteiger partial charge in [0.05, 0.1) is 12.3 Å². The highest BCUT2D eigenvalue weighted by molar-refractivity contribution is 5.79. The van der Waals surface area contributed by atoms with Gasteiger partial charge in [-0.3, -0.25) is 9.59 Å². The number of esters is 1. The van der Waals surface area contributed by atoms with Crippen LogP contribution in [0.4, 0.5) is 5.69 Å². The van der Waals surface area contributed by atoms with E-state index in [1.54, 1.807) is 45.0 Å². The first-order chi connectivity index (χ1) is 9.19. The maximum atomic E-state index is 12.1. The summed E-state index contributed by atoms with van der Waals surface area (Å²) in [7, 11) is 0. The summed E-state index contributed by atoms with van der Waals surface area (Å²) in [5.74, 6) is -2.28. The molecule has 20 heavy (non-hydrogen) atoms. The lowest BCUT2D eigenvalue weighted by molar-refractivity contribution is -0.162. The Labute approximate surface area is 118 Å². The molecule has 3 N–H and O–H groups in total. The average molecular weight is 279 g/mol. The highest BCUT2D eigenvalue weighted by Gasteiger charge is 2.27. The van der Waals surface area contributed by atoms with Crippen LogP contribution < -0.4 is 5.73 Å². The first-order valence-electron chi connectivity index (χ1n) is 6.47. The van der Waals surface area contributed by atoms with E-state index in [1.165, 1.54) is 0 Å². The van der Waals surface area contributed by atoms with Crippen LogP contribution in [0.1, 0.15) is 32.8 Å². The smallest absolute Gasteiger partial charge is 0.310 e. The minimum Gasteiger partial charge on any atom is -0.481 e. The second-order valence-electron chi connectivity index (χ2n) is 5.73. The maximum Gasteiger partial charge on any atom is 0.310 e. The Morgan fingerprint density at radius 1 is 1.30 bits per heavy atom. The SMILES string of the molecule is CC(C)(C)OC(=O)C(CC(=O)O)Cc1ccccc1N. The Hall–Kier alpha value is -2.04. The van der Waals surface area contributed by atoms with E-state index in [1.807, 2.05) is 0 Å². The van der Waals surface area contributed by atoms with Gasteiger partial charge in [-0.15, -0.1) is 0 Å². The van der Waals surface area contributed by atoms with Gasteiger partial charge in [0, 0.05) is 5.69 Å². The number of carbonyl (C=O) groups excluding carboxylic acids is 1. The largest absolute Gasteiger partial charge is 0.481 e. The number of carbonyl (C=O) groups is 2. The molecule has 0 saturated heterocycles. The first-order valence-corrected chi connectivity index (χ1v) is 6.47. The van der Waals surface area contributed by atoms with Gasteiger partial charge in [-0.1, -0.05) is 18.2 Å². The van der Waals surface area contributed by atoms with Crippen LogP contribution in [0.25, 0.3) is 0 Å². The van der Waals surface area contributed by atoms with Gasteiger partial charge < -0.3 is 15.6 Å². The number of ether oxygens (including phenoxy) is 1. The van der Waals surface area contributed by atoms with Crippen LogP contribution in [0, 0.1) is 5.92 Å². The molecule has 1 aromatic carbocycles. The van der Waals surface area contributed by atoms with Gasteiger partial charge in [-0.05, 0) is 38.8 Å². The van der Waals surface area contributed by atoms with Crippen LogP contribution in [-0.4, -0.2) is 22.6 Å². The molecule has 0 aromatic heterocycles. The van der Waals surface area contributed by atoms with Crippen molar-refractivity contribution in [3.8, 4) is 0 Å². The van der Waals surface area contributed by atoms with Crippen molar-refractivity contribution in [1.29, 1.82) is 0 Å². The second kappa shape index (κ2) is 6.41. The standard InChI is InChI=1S/C15H21NO4/c1-15(2,3)20-14(19)11(9-13(17)18)8-10-6-4-5-7-12(10)16/h4-7,11H,8-9,16H2,1-3H3,(H,17,18). The maximum absolute atomic E-state index is 12.1. The highest BCUT2D eigenvalue weighted by Crippen LogP contribution is 2.21. The summed E-state index contributed by atoms with van der Waals surface area (Å²) in [4.78, 5) is 23.0. The Bertz CT molecular complexity index is 491. The minimum atomic E-state index is -1.03. The van der Waals surface area contributed by atoms with Gasteiger partial charge in [0.25, 0.3) is 0 Å². The summed E-state index contributed by atoms with van der Waals surface area (Å²) in [5, 5.41) is 8.94. The molecule has 5 heteroatoms. The fraction of sp³-hybridized carbons (Fsp3) is 0.467. The van der Waals surface area contributed by atoms with Crippen LogP contribution in [0.5, 0.6) is 0 Å². The van der Waals surface area contributed by atoms with Crippen molar-refractivity contribution >= 4 is 17.6 Å². The Balaban J connectivity index is 2.87. The number of anilines is 1. The molecule has 1 aromatic rings. The third-order valence-electron chi connectivity index (χ3n) is 2.68. The second-order valence-corrected chi connectivity index (χ2v) is 5.73. The number of nitrogen functional groups attached to an aromatic ring is 1. The molecule has 1 atom stereocenters. The Morgan fingerprint density at radius 3 is 2.40 bits per heavy atom. The normalized spacial score (nSPS) is 12.8. The van der Waals surface area contributed by atoms with Gasteiger partial charge >= 0.3 is 11.9 Å². The van der Waals surface area contributed by atoms with E-state index < -0.39 is 23.5 Å². The van der Waals surface area contributed by atoms with E-state index in [-0.39, 0.29) is 12.8 Å². The number of benzene rings is 1. The van der Waals surface area contributed by atoms with Gasteiger partial charge in [-0.25, -0.2) is 0 Å². The molecule has 0 saturated carbocycles. The summed E-state index contributed by atoms with van der Waals surface area (Å²) >= 11 is 0. The molecule has 1 rings (SSSR count). The number of nitrogens with two attached hydrogens (primary N) is 1. The molecule has 0 aliphatic rings. The van der Waals surface area contributed by atoms with Crippen LogP contribution in [0.2, 0.25) is 0 Å². The van der Waals surface area contributed by atoms with Crippen molar-refractivity contribution in [3.05, 3.63) is 29.8 Å². The molecule has 1 unspecified atom stereocenters. The van der Waals surface area contributed by atoms with E-state index in [9.17, 15) is 9.59 Å². The lowest BCUT2D eigenvalue weighted by atomic mass is 9.95. The summed E-state index contributed by atoms with van der Waals surface area (Å²) in [6, 6.07) is 7.11. The lowest BCUT2D eigenvalue weighted by Crippen LogP contribution is -2.31. The van der Waals surface area contributed by atoms with E-state index in [0.717, 1.165) is 5.56 Å². The van der Waals surface area contributed by atoms with Crippen LogP contribution in [0.3, 0.4) is 0 Å². The van der Waals surface area contributed by atoms with Crippen molar-refractivity contribution in [3.63, 3.8) is 0 Å². The van der Waals surface area contributed by atoms with Gasteiger partial charge in [0.2, 0.25) is 0 Å². The van der Waals surface area contributed by atoms with E-state index in [2.05, 4.69) is 0 Å². The van der Waals surface area contributed by atoms with Crippen molar-refractivity contribution in [2.24, 2.45) is 5.92 Å². The van der Waals surface area contributed by atoms with Crippen LogP contribution in [-0.2, 0) is 20.7 Å². The molecule has 110 valence electrons. The molecule has 0 aliphatic heterocycles. The predicted octanol–water partition coefficient (Wildman–Crippen LogP) is 2.24. The van der Waals surface area contributed by atoms with Gasteiger partial charge in [0.1, 0.15) is 5.60 Å². The Morgan fingerprint density at radius 2 is 1.90 bits per heavy atom. The first kappa shape index (κ1) is 16.0. The van der Waals surface area contributed by atoms with Crippen molar-refractivity contribution in [2.75, 3.05) is 5.73 Å². The topological polar surface area (TPSA) is 89.6 Å². The fourth-order valence-corrected chi connectivity index (χ4v) is 1.82. The monoisotopic (exact) mass is 279 g/mol. The Kier molecular flexibility index (Phi) is 5.13. The zero-order valence-electron chi connectivity index (χ0n) is 12.1. The lowest BCUT2D eigenvalue weighted by Gasteiger charge is -2.23. The number of rotatable bonds is 5. The molecule has 5 nitrogen and oxygen atoms in total. The zero-order valence-corrected chi connectivity index (χ0v) is 12.1. The van der Waals surface area contributed by atoms with Gasteiger partial charge in [-0.2, -0.15) is 0 Å². The number of para-hydroxylation sites is 1. The molecule has 0 aliphatic carbocycles. The predicted molar refractivity (Wildman–Crippen MR) is 76.1 cm³/mol. The molecule has 0 heterocycles. The van der Waals surface area contributed by atoms with Crippen LogP contribution in [0.15, 0.2) is 24.3 Å². The number of carboxylic acid groups (broad SMARTS) is 1. The molecule has 0 bridgehead atoms. The molecular formula is C15H21NO4. The number of hydrogen-bond acceptors (Lipinski definition) is 4. The quantitative estimate of drug-likeness (QED) is 0.637. The van der Waals surface area contributed by atoms with E-state index in [4.69, 9.17) is 15.6 Å². The third kappa shape index (κ3) is 5.30.